The lowest BCUT2D eigenvalue weighted by atomic mass is 9.75. The molecule has 5 nitrogen and oxygen atoms in total. The van der Waals surface area contributed by atoms with Crippen molar-refractivity contribution >= 4 is 11.5 Å². The van der Waals surface area contributed by atoms with Crippen molar-refractivity contribution in [2.75, 3.05) is 5.32 Å². The Hall–Kier alpha value is -1.65. The minimum atomic E-state index is -0.435. The van der Waals surface area contributed by atoms with Gasteiger partial charge in [0.15, 0.2) is 0 Å². The average molecular weight is 221 g/mol. The van der Waals surface area contributed by atoms with Gasteiger partial charge in [-0.1, -0.05) is 6.92 Å². The molecule has 16 heavy (non-hydrogen) atoms. The normalized spacial score (nSPS) is 17.6. The maximum atomic E-state index is 10.5. The molecule has 1 aliphatic rings. The van der Waals surface area contributed by atoms with Crippen LogP contribution in [0.15, 0.2) is 18.3 Å². The third kappa shape index (κ3) is 1.98. The molecule has 1 aromatic rings. The third-order valence-corrected chi connectivity index (χ3v) is 3.34. The van der Waals surface area contributed by atoms with Gasteiger partial charge in [-0.2, -0.15) is 0 Å². The maximum Gasteiger partial charge on any atom is 0.287 e. The summed E-state index contributed by atoms with van der Waals surface area (Å²) >= 11 is 0. The van der Waals surface area contributed by atoms with E-state index in [0.29, 0.717) is 0 Å². The Bertz CT molecular complexity index is 379. The Morgan fingerprint density at radius 3 is 2.69 bits per heavy atom. The molecule has 1 aliphatic carbocycles. The Morgan fingerprint density at radius 2 is 2.31 bits per heavy atom. The molecule has 0 amide bonds. The predicted molar refractivity (Wildman–Crippen MR) is 61.4 cm³/mol. The number of nitrogens with one attached hydrogen (secondary N) is 1. The first-order valence-electron chi connectivity index (χ1n) is 5.54. The van der Waals surface area contributed by atoms with Crippen molar-refractivity contribution in [2.45, 2.75) is 38.1 Å². The molecule has 1 saturated carbocycles. The summed E-state index contributed by atoms with van der Waals surface area (Å²) < 4.78 is 0. The average Bonchev–Trinajstić information content (AvgIpc) is 2.24. The van der Waals surface area contributed by atoms with Crippen LogP contribution in [-0.2, 0) is 0 Å². The highest BCUT2D eigenvalue weighted by atomic mass is 16.6. The van der Waals surface area contributed by atoms with E-state index in [4.69, 9.17) is 0 Å². The second kappa shape index (κ2) is 4.08. The van der Waals surface area contributed by atoms with Crippen LogP contribution in [-0.4, -0.2) is 15.4 Å². The molecule has 86 valence electrons. The second-order valence-corrected chi connectivity index (χ2v) is 4.27. The first-order valence-corrected chi connectivity index (χ1v) is 5.54. The standard InChI is InChI=1S/C11H15N3O2/c1-2-11(6-3-7-11)13-10-5-4-9(8-12-10)14(15)16/h4-5,8H,2-3,6-7H2,1H3,(H,12,13). The zero-order chi connectivity index (χ0) is 11.6. The number of nitrogens with zero attached hydrogens (tertiary/aromatic N) is 2. The SMILES string of the molecule is CCC1(Nc2ccc([N+](=O)[O-])cn2)CCC1. The van der Waals surface area contributed by atoms with E-state index in [0.717, 1.165) is 25.1 Å². The molecule has 0 aliphatic heterocycles. The predicted octanol–water partition coefficient (Wildman–Crippen LogP) is 2.73. The van der Waals surface area contributed by atoms with Crippen LogP contribution in [0.3, 0.4) is 0 Å². The molecule has 0 aromatic carbocycles. The van der Waals surface area contributed by atoms with Gasteiger partial charge in [-0.15, -0.1) is 0 Å². The van der Waals surface area contributed by atoms with Crippen LogP contribution in [0.5, 0.6) is 0 Å². The molecular weight excluding hydrogens is 206 g/mol. The zero-order valence-corrected chi connectivity index (χ0v) is 9.27. The summed E-state index contributed by atoms with van der Waals surface area (Å²) in [5, 5.41) is 13.8. The summed E-state index contributed by atoms with van der Waals surface area (Å²) in [5.41, 5.74) is 0.202. The van der Waals surface area contributed by atoms with E-state index in [1.165, 1.54) is 18.7 Å². The minimum Gasteiger partial charge on any atom is -0.365 e. The van der Waals surface area contributed by atoms with Crippen LogP contribution >= 0.6 is 0 Å². The highest BCUT2D eigenvalue weighted by molar-refractivity contribution is 5.42. The van der Waals surface area contributed by atoms with Crippen molar-refractivity contribution in [1.82, 2.24) is 4.98 Å². The maximum absolute atomic E-state index is 10.5. The Labute approximate surface area is 94.0 Å². The molecule has 2 rings (SSSR count). The highest BCUT2D eigenvalue weighted by Crippen LogP contribution is 2.37. The van der Waals surface area contributed by atoms with Crippen molar-refractivity contribution in [3.05, 3.63) is 28.4 Å². The zero-order valence-electron chi connectivity index (χ0n) is 9.27. The number of anilines is 1. The number of hydrogen-bond donors (Lipinski definition) is 1. The fourth-order valence-corrected chi connectivity index (χ4v) is 2.01. The van der Waals surface area contributed by atoms with Crippen LogP contribution in [0, 0.1) is 10.1 Å². The molecule has 0 spiro atoms. The molecule has 0 bridgehead atoms. The van der Waals surface area contributed by atoms with Gasteiger partial charge < -0.3 is 5.32 Å². The lowest BCUT2D eigenvalue weighted by Crippen LogP contribution is -2.44. The van der Waals surface area contributed by atoms with E-state index >= 15 is 0 Å². The van der Waals surface area contributed by atoms with Crippen molar-refractivity contribution in [1.29, 1.82) is 0 Å². The van der Waals surface area contributed by atoms with Gasteiger partial charge in [0.05, 0.1) is 4.92 Å². The monoisotopic (exact) mass is 221 g/mol. The van der Waals surface area contributed by atoms with Crippen LogP contribution in [0.2, 0.25) is 0 Å². The summed E-state index contributed by atoms with van der Waals surface area (Å²) in [6.45, 7) is 2.15. The lowest BCUT2D eigenvalue weighted by molar-refractivity contribution is -0.385. The van der Waals surface area contributed by atoms with Crippen molar-refractivity contribution in [2.24, 2.45) is 0 Å². The molecule has 0 atom stereocenters. The smallest absolute Gasteiger partial charge is 0.287 e. The fourth-order valence-electron chi connectivity index (χ4n) is 2.01. The van der Waals surface area contributed by atoms with Crippen LogP contribution in [0.4, 0.5) is 11.5 Å². The molecule has 1 fully saturated rings. The van der Waals surface area contributed by atoms with Gasteiger partial charge in [0.25, 0.3) is 5.69 Å². The van der Waals surface area contributed by atoms with Crippen molar-refractivity contribution in [3.8, 4) is 0 Å². The van der Waals surface area contributed by atoms with E-state index in [2.05, 4.69) is 17.2 Å². The summed E-state index contributed by atoms with van der Waals surface area (Å²) in [6, 6.07) is 3.16. The quantitative estimate of drug-likeness (QED) is 0.627. The fraction of sp³-hybridized carbons (Fsp3) is 0.545. The highest BCUT2D eigenvalue weighted by Gasteiger charge is 2.35. The van der Waals surface area contributed by atoms with Gasteiger partial charge in [-0.3, -0.25) is 10.1 Å². The summed E-state index contributed by atoms with van der Waals surface area (Å²) in [5.74, 6) is 0.729. The van der Waals surface area contributed by atoms with Crippen LogP contribution in [0.1, 0.15) is 32.6 Å². The second-order valence-electron chi connectivity index (χ2n) is 4.27. The number of nitro groups is 1. The largest absolute Gasteiger partial charge is 0.365 e. The molecule has 5 heteroatoms. The summed E-state index contributed by atoms with van der Waals surface area (Å²) in [7, 11) is 0. The number of pyridine rings is 1. The molecule has 0 saturated heterocycles. The van der Waals surface area contributed by atoms with Crippen molar-refractivity contribution in [3.63, 3.8) is 0 Å². The van der Waals surface area contributed by atoms with Crippen molar-refractivity contribution < 1.29 is 4.92 Å². The van der Waals surface area contributed by atoms with Gasteiger partial charge in [0, 0.05) is 11.6 Å². The Morgan fingerprint density at radius 1 is 1.56 bits per heavy atom. The van der Waals surface area contributed by atoms with Gasteiger partial charge in [-0.05, 0) is 31.7 Å². The van der Waals surface area contributed by atoms with E-state index in [1.807, 2.05) is 0 Å². The molecule has 0 radical (unpaired) electrons. The van der Waals surface area contributed by atoms with Gasteiger partial charge in [-0.25, -0.2) is 4.98 Å². The number of hydrogen-bond acceptors (Lipinski definition) is 4. The molecule has 1 N–H and O–H groups in total. The Kier molecular flexibility index (Phi) is 2.77. The third-order valence-electron chi connectivity index (χ3n) is 3.34. The van der Waals surface area contributed by atoms with Gasteiger partial charge in [0.1, 0.15) is 12.0 Å². The van der Waals surface area contributed by atoms with E-state index in [9.17, 15) is 10.1 Å². The lowest BCUT2D eigenvalue weighted by Gasteiger charge is -2.42. The molecule has 1 heterocycles. The minimum absolute atomic E-state index is 0.0321. The van der Waals surface area contributed by atoms with Crippen LogP contribution < -0.4 is 5.32 Å². The Balaban J connectivity index is 2.07. The van der Waals surface area contributed by atoms with Crippen LogP contribution in [0.25, 0.3) is 0 Å². The topological polar surface area (TPSA) is 68.1 Å². The van der Waals surface area contributed by atoms with E-state index < -0.39 is 4.92 Å². The van der Waals surface area contributed by atoms with Gasteiger partial charge >= 0.3 is 0 Å². The van der Waals surface area contributed by atoms with Gasteiger partial charge in [0.2, 0.25) is 0 Å². The number of aromatic nitrogens is 1. The summed E-state index contributed by atoms with van der Waals surface area (Å²) in [6.07, 6.45) is 5.91. The number of rotatable bonds is 4. The summed E-state index contributed by atoms with van der Waals surface area (Å²) in [4.78, 5) is 14.1. The first-order chi connectivity index (χ1) is 7.65. The molecule has 1 aromatic heterocycles. The van der Waals surface area contributed by atoms with E-state index in [1.54, 1.807) is 6.07 Å². The molecular formula is C11H15N3O2. The first kappa shape index (κ1) is 10.9. The van der Waals surface area contributed by atoms with E-state index in [-0.39, 0.29) is 11.2 Å². The molecule has 0 unspecified atom stereocenters.